The number of fused-ring (bicyclic) bond motifs is 1. The Morgan fingerprint density at radius 3 is 2.58 bits per heavy atom. The lowest BCUT2D eigenvalue weighted by molar-refractivity contribution is 0.0394. The summed E-state index contributed by atoms with van der Waals surface area (Å²) in [7, 11) is -1.74. The quantitative estimate of drug-likeness (QED) is 0.224. The second-order valence-electron chi connectivity index (χ2n) is 13.5. The summed E-state index contributed by atoms with van der Waals surface area (Å²) < 4.78 is 9.12. The van der Waals surface area contributed by atoms with E-state index in [9.17, 15) is 0 Å². The molecule has 0 N–H and O–H groups in total. The Balaban J connectivity index is 1.72. The Hall–Kier alpha value is 0.127. The molecular weight excluding hydrogens is 531 g/mol. The summed E-state index contributed by atoms with van der Waals surface area (Å²) in [6.07, 6.45) is 16.0. The molecular formula is C30H51IOSi. The summed E-state index contributed by atoms with van der Waals surface area (Å²) >= 11 is 2.40. The lowest BCUT2D eigenvalue weighted by atomic mass is 9.59. The van der Waals surface area contributed by atoms with Gasteiger partial charge in [0.2, 0.25) is 0 Å². The van der Waals surface area contributed by atoms with Gasteiger partial charge in [0, 0.05) is 6.10 Å². The van der Waals surface area contributed by atoms with E-state index in [1.54, 1.807) is 0 Å². The van der Waals surface area contributed by atoms with Gasteiger partial charge in [-0.05, 0) is 113 Å². The average Bonchev–Trinajstić information content (AvgIpc) is 3.06. The van der Waals surface area contributed by atoms with Crippen molar-refractivity contribution >= 4 is 30.9 Å². The first kappa shape index (κ1) is 27.7. The fourth-order valence-electron chi connectivity index (χ4n) is 7.28. The number of allylic oxidation sites excluding steroid dienone is 3. The molecule has 0 amide bonds. The SMILES string of the molecule is C=C1/C(=C\CC2CCC[C@]3(C)[C@@H]([C@H](C)/C=C/I)CC[C@@H]23)C[C@H](O[Si](C)(C)C(C)(C)C)C[C@@H]1C. The van der Waals surface area contributed by atoms with Gasteiger partial charge in [-0.15, -0.1) is 0 Å². The van der Waals surface area contributed by atoms with E-state index in [0.717, 1.165) is 30.6 Å². The van der Waals surface area contributed by atoms with Gasteiger partial charge in [-0.3, -0.25) is 0 Å². The predicted molar refractivity (Wildman–Crippen MR) is 156 cm³/mol. The second-order valence-corrected chi connectivity index (χ2v) is 18.9. The molecule has 0 radical (unpaired) electrons. The van der Waals surface area contributed by atoms with Crippen molar-refractivity contribution in [3.8, 4) is 0 Å². The molecule has 3 fully saturated rings. The number of hydrogen-bond acceptors (Lipinski definition) is 1. The van der Waals surface area contributed by atoms with Gasteiger partial charge < -0.3 is 4.43 Å². The highest BCUT2D eigenvalue weighted by atomic mass is 127. The van der Waals surface area contributed by atoms with Crippen LogP contribution in [0.2, 0.25) is 18.1 Å². The van der Waals surface area contributed by atoms with Crippen LogP contribution in [0.25, 0.3) is 0 Å². The molecule has 0 aliphatic heterocycles. The molecule has 1 nitrogen and oxygen atoms in total. The molecule has 0 heterocycles. The largest absolute Gasteiger partial charge is 0.414 e. The first-order valence-corrected chi connectivity index (χ1v) is 17.8. The minimum Gasteiger partial charge on any atom is -0.414 e. The lowest BCUT2D eigenvalue weighted by Crippen LogP contribution is -2.45. The van der Waals surface area contributed by atoms with Crippen molar-refractivity contribution in [1.29, 1.82) is 0 Å². The highest BCUT2D eigenvalue weighted by Gasteiger charge is 2.51. The van der Waals surface area contributed by atoms with Gasteiger partial charge in [0.15, 0.2) is 8.32 Å². The van der Waals surface area contributed by atoms with Crippen molar-refractivity contribution in [1.82, 2.24) is 0 Å². The van der Waals surface area contributed by atoms with E-state index in [1.165, 1.54) is 49.7 Å². The van der Waals surface area contributed by atoms with E-state index in [-0.39, 0.29) is 5.04 Å². The number of hydrogen-bond donors (Lipinski definition) is 0. The summed E-state index contributed by atoms with van der Waals surface area (Å²) in [6.45, 7) is 23.8. The van der Waals surface area contributed by atoms with Gasteiger partial charge in [0.1, 0.15) is 0 Å². The number of halogens is 1. The topological polar surface area (TPSA) is 9.23 Å². The van der Waals surface area contributed by atoms with Crippen molar-refractivity contribution in [2.24, 2.45) is 35.0 Å². The third-order valence-corrected chi connectivity index (χ3v) is 15.3. The molecule has 3 heteroatoms. The van der Waals surface area contributed by atoms with Crippen molar-refractivity contribution < 1.29 is 4.43 Å². The highest BCUT2D eigenvalue weighted by molar-refractivity contribution is 14.1. The van der Waals surface area contributed by atoms with Gasteiger partial charge >= 0.3 is 0 Å². The van der Waals surface area contributed by atoms with Crippen LogP contribution in [0.3, 0.4) is 0 Å². The van der Waals surface area contributed by atoms with Crippen LogP contribution in [0.1, 0.15) is 92.9 Å². The van der Waals surface area contributed by atoms with E-state index in [2.05, 4.69) is 100 Å². The summed E-state index contributed by atoms with van der Waals surface area (Å²) in [5, 5.41) is 0.268. The predicted octanol–water partition coefficient (Wildman–Crippen LogP) is 10.1. The van der Waals surface area contributed by atoms with Crippen molar-refractivity contribution in [2.45, 2.75) is 117 Å². The molecule has 0 spiro atoms. The maximum Gasteiger partial charge on any atom is 0.192 e. The Morgan fingerprint density at radius 2 is 1.94 bits per heavy atom. The Bertz CT molecular complexity index is 760. The van der Waals surface area contributed by atoms with Crippen LogP contribution in [0.15, 0.2) is 34.0 Å². The van der Waals surface area contributed by atoms with Crippen molar-refractivity contribution in [3.63, 3.8) is 0 Å². The van der Waals surface area contributed by atoms with Gasteiger partial charge in [-0.25, -0.2) is 0 Å². The first-order chi connectivity index (χ1) is 15.3. The van der Waals surface area contributed by atoms with Gasteiger partial charge in [0.25, 0.3) is 0 Å². The van der Waals surface area contributed by atoms with Crippen LogP contribution in [0.5, 0.6) is 0 Å². The maximum atomic E-state index is 6.88. The zero-order valence-corrected chi connectivity index (χ0v) is 26.0. The van der Waals surface area contributed by atoms with Crippen LogP contribution in [-0.4, -0.2) is 14.4 Å². The van der Waals surface area contributed by atoms with E-state index in [0.29, 0.717) is 23.4 Å². The third-order valence-electron chi connectivity index (χ3n) is 10.4. The fourth-order valence-corrected chi connectivity index (χ4v) is 9.30. The fraction of sp³-hybridized carbons (Fsp3) is 0.800. The van der Waals surface area contributed by atoms with Crippen LogP contribution in [0.4, 0.5) is 0 Å². The van der Waals surface area contributed by atoms with E-state index in [4.69, 9.17) is 4.43 Å². The first-order valence-electron chi connectivity index (χ1n) is 13.6. The zero-order valence-electron chi connectivity index (χ0n) is 22.8. The monoisotopic (exact) mass is 582 g/mol. The Kier molecular flexibility index (Phi) is 8.92. The molecule has 188 valence electrons. The molecule has 7 atom stereocenters. The van der Waals surface area contributed by atoms with E-state index < -0.39 is 8.32 Å². The van der Waals surface area contributed by atoms with Crippen LogP contribution in [0, 0.1) is 35.0 Å². The minimum absolute atomic E-state index is 0.268. The molecule has 3 aliphatic carbocycles. The molecule has 0 aromatic carbocycles. The van der Waals surface area contributed by atoms with Gasteiger partial charge in [-0.2, -0.15) is 0 Å². The normalized spacial score (nSPS) is 38.2. The molecule has 3 saturated carbocycles. The molecule has 0 bridgehead atoms. The lowest BCUT2D eigenvalue weighted by Gasteiger charge is -2.46. The van der Waals surface area contributed by atoms with Gasteiger partial charge in [0.05, 0.1) is 0 Å². The molecule has 1 unspecified atom stereocenters. The minimum atomic E-state index is -1.74. The maximum absolute atomic E-state index is 6.88. The zero-order chi connectivity index (χ0) is 24.6. The molecule has 3 aliphatic rings. The molecule has 33 heavy (non-hydrogen) atoms. The number of rotatable bonds is 6. The molecule has 3 rings (SSSR count). The summed E-state index contributed by atoms with van der Waals surface area (Å²) in [4.78, 5) is 0. The highest BCUT2D eigenvalue weighted by Crippen LogP contribution is 2.60. The third kappa shape index (κ3) is 5.93. The Morgan fingerprint density at radius 1 is 1.24 bits per heavy atom. The van der Waals surface area contributed by atoms with Crippen molar-refractivity contribution in [2.75, 3.05) is 0 Å². The molecule has 0 aromatic heterocycles. The summed E-state index contributed by atoms with van der Waals surface area (Å²) in [5.74, 6) is 3.85. The average molecular weight is 583 g/mol. The van der Waals surface area contributed by atoms with E-state index >= 15 is 0 Å². The standard InChI is InChI=1S/C30H51IOSi/c1-21(16-18-31)27-14-15-28-24(11-10-17-30(27,28)7)12-13-25-20-26(19-22(2)23(25)3)32-33(8,9)29(4,5)6/h13,16,18,21-22,24,26-28H,3,10-12,14-15,17,19-20H2,1-2,4-9H3/b18-16+,25-13-/t21-,22+,24?,26-,27-,28+,30-/m1/s1. The van der Waals surface area contributed by atoms with Gasteiger partial charge in [-0.1, -0.05) is 89.3 Å². The summed E-state index contributed by atoms with van der Waals surface area (Å²) in [6, 6.07) is 0. The van der Waals surface area contributed by atoms with E-state index in [1.807, 2.05) is 0 Å². The van der Waals surface area contributed by atoms with Crippen LogP contribution < -0.4 is 0 Å². The van der Waals surface area contributed by atoms with Crippen LogP contribution in [-0.2, 0) is 4.43 Å². The second kappa shape index (κ2) is 10.6. The summed E-state index contributed by atoms with van der Waals surface area (Å²) in [5.41, 5.74) is 3.43. The molecule has 0 saturated heterocycles. The molecule has 0 aromatic rings. The van der Waals surface area contributed by atoms with Crippen molar-refractivity contribution in [3.05, 3.63) is 34.0 Å². The Labute approximate surface area is 220 Å². The smallest absolute Gasteiger partial charge is 0.192 e. The van der Waals surface area contributed by atoms with Crippen LogP contribution >= 0.6 is 22.6 Å².